The predicted molar refractivity (Wildman–Crippen MR) is 63.5 cm³/mol. The van der Waals surface area contributed by atoms with Crippen molar-refractivity contribution in [3.05, 3.63) is 42.0 Å². The zero-order valence-corrected chi connectivity index (χ0v) is 10.00. The van der Waals surface area contributed by atoms with E-state index in [0.717, 1.165) is 5.56 Å². The molecule has 15 heavy (non-hydrogen) atoms. The fourth-order valence-corrected chi connectivity index (χ4v) is 1.68. The number of rotatable bonds is 4. The number of hydrogen-bond donors (Lipinski definition) is 0. The highest BCUT2D eigenvalue weighted by molar-refractivity contribution is 9.15. The second kappa shape index (κ2) is 5.81. The Balaban J connectivity index is 2.72. The molecule has 0 heterocycles. The third kappa shape index (κ3) is 4.38. The number of benzene rings is 1. The molecule has 0 saturated carbocycles. The highest BCUT2D eigenvalue weighted by Crippen LogP contribution is 2.20. The van der Waals surface area contributed by atoms with E-state index in [1.807, 2.05) is 30.3 Å². The van der Waals surface area contributed by atoms with Crippen LogP contribution in [0.2, 0.25) is 0 Å². The first kappa shape index (κ1) is 12.1. The summed E-state index contributed by atoms with van der Waals surface area (Å²) < 4.78 is 13.2. The minimum absolute atomic E-state index is 0.0675. The van der Waals surface area contributed by atoms with E-state index < -0.39 is 6.17 Å². The third-order valence-electron chi connectivity index (χ3n) is 1.82. The monoisotopic (exact) mass is 270 g/mol. The van der Waals surface area contributed by atoms with E-state index in [-0.39, 0.29) is 12.2 Å². The normalized spacial score (nSPS) is 13.7. The van der Waals surface area contributed by atoms with Gasteiger partial charge in [-0.1, -0.05) is 46.3 Å². The lowest BCUT2D eigenvalue weighted by Crippen LogP contribution is -2.02. The zero-order chi connectivity index (χ0) is 11.3. The second-order valence-electron chi connectivity index (χ2n) is 3.31. The smallest absolute Gasteiger partial charge is 0.159 e. The molecule has 1 unspecified atom stereocenters. The lowest BCUT2D eigenvalue weighted by atomic mass is 10.1. The van der Waals surface area contributed by atoms with Crippen molar-refractivity contribution in [1.29, 1.82) is 0 Å². The summed E-state index contributed by atoms with van der Waals surface area (Å²) in [5.41, 5.74) is 0.914. The van der Waals surface area contributed by atoms with Gasteiger partial charge in [0, 0.05) is 10.9 Å². The Hall–Kier alpha value is -0.960. The number of carbonyl (C=O) groups is 1. The average molecular weight is 271 g/mol. The van der Waals surface area contributed by atoms with Gasteiger partial charge in [0.25, 0.3) is 0 Å². The van der Waals surface area contributed by atoms with Crippen LogP contribution in [0, 0.1) is 0 Å². The van der Waals surface area contributed by atoms with Crippen molar-refractivity contribution in [2.75, 3.05) is 0 Å². The number of allylic oxidation sites excluding steroid dienone is 1. The van der Waals surface area contributed by atoms with Crippen molar-refractivity contribution in [2.24, 2.45) is 0 Å². The molecule has 1 aromatic carbocycles. The van der Waals surface area contributed by atoms with E-state index >= 15 is 0 Å². The lowest BCUT2D eigenvalue weighted by Gasteiger charge is -2.00. The minimum Gasteiger partial charge on any atom is -0.295 e. The van der Waals surface area contributed by atoms with Crippen LogP contribution >= 0.6 is 15.9 Å². The first-order chi connectivity index (χ1) is 7.09. The summed E-state index contributed by atoms with van der Waals surface area (Å²) in [4.78, 5) is 11.3. The number of hydrogen-bond acceptors (Lipinski definition) is 1. The lowest BCUT2D eigenvalue weighted by molar-refractivity contribution is -0.115. The Morgan fingerprint density at radius 1 is 1.47 bits per heavy atom. The van der Waals surface area contributed by atoms with E-state index in [1.165, 1.54) is 13.0 Å². The molecule has 0 amide bonds. The quantitative estimate of drug-likeness (QED) is 0.762. The Morgan fingerprint density at radius 2 is 2.07 bits per heavy atom. The Labute approximate surface area is 97.1 Å². The fraction of sp³-hybridized carbons (Fsp3) is 0.250. The molecular formula is C12H12BrFO. The molecule has 0 aliphatic rings. The van der Waals surface area contributed by atoms with Crippen molar-refractivity contribution in [1.82, 2.24) is 0 Å². The van der Waals surface area contributed by atoms with Crippen LogP contribution in [0.1, 0.15) is 18.9 Å². The summed E-state index contributed by atoms with van der Waals surface area (Å²) in [5.74, 6) is -0.208. The SMILES string of the molecule is CC(F)CC(=O)/C=C(\Br)c1ccccc1. The van der Waals surface area contributed by atoms with Crippen molar-refractivity contribution in [2.45, 2.75) is 19.5 Å². The fourth-order valence-electron chi connectivity index (χ4n) is 1.16. The van der Waals surface area contributed by atoms with Gasteiger partial charge in [-0.3, -0.25) is 4.79 Å². The van der Waals surface area contributed by atoms with Gasteiger partial charge in [-0.2, -0.15) is 0 Å². The van der Waals surface area contributed by atoms with E-state index in [1.54, 1.807) is 0 Å². The van der Waals surface area contributed by atoms with Gasteiger partial charge in [0.05, 0.1) is 0 Å². The van der Waals surface area contributed by atoms with Gasteiger partial charge in [0.1, 0.15) is 6.17 Å². The molecule has 1 aromatic rings. The molecule has 0 aliphatic heterocycles. The molecule has 1 nitrogen and oxygen atoms in total. The molecular weight excluding hydrogens is 259 g/mol. The molecule has 1 atom stereocenters. The molecule has 0 radical (unpaired) electrons. The van der Waals surface area contributed by atoms with Crippen LogP contribution in [-0.2, 0) is 4.79 Å². The molecule has 0 saturated heterocycles. The van der Waals surface area contributed by atoms with E-state index in [2.05, 4.69) is 15.9 Å². The van der Waals surface area contributed by atoms with Crippen LogP contribution in [0.15, 0.2) is 36.4 Å². The molecule has 0 N–H and O–H groups in total. The van der Waals surface area contributed by atoms with Crippen LogP contribution < -0.4 is 0 Å². The second-order valence-corrected chi connectivity index (χ2v) is 4.16. The highest BCUT2D eigenvalue weighted by atomic mass is 79.9. The summed E-state index contributed by atoms with van der Waals surface area (Å²) in [6.07, 6.45) is 0.262. The van der Waals surface area contributed by atoms with Gasteiger partial charge in [-0.25, -0.2) is 4.39 Å². The molecule has 0 spiro atoms. The van der Waals surface area contributed by atoms with Gasteiger partial charge in [0.15, 0.2) is 5.78 Å². The van der Waals surface area contributed by atoms with Gasteiger partial charge in [-0.05, 0) is 18.6 Å². The predicted octanol–water partition coefficient (Wildman–Crippen LogP) is 3.74. The van der Waals surface area contributed by atoms with Crippen LogP contribution in [0.3, 0.4) is 0 Å². The zero-order valence-electron chi connectivity index (χ0n) is 8.41. The summed E-state index contributed by atoms with van der Waals surface area (Å²) in [5, 5.41) is 0. The van der Waals surface area contributed by atoms with Gasteiger partial charge < -0.3 is 0 Å². The molecule has 1 rings (SSSR count). The Morgan fingerprint density at radius 3 is 2.60 bits per heavy atom. The summed E-state index contributed by atoms with van der Waals surface area (Å²) in [6.45, 7) is 1.38. The first-order valence-corrected chi connectivity index (χ1v) is 5.48. The van der Waals surface area contributed by atoms with Crippen LogP contribution in [0.25, 0.3) is 4.48 Å². The van der Waals surface area contributed by atoms with Gasteiger partial charge in [0.2, 0.25) is 0 Å². The Kier molecular flexibility index (Phi) is 4.69. The number of ketones is 1. The molecule has 80 valence electrons. The first-order valence-electron chi connectivity index (χ1n) is 4.69. The minimum atomic E-state index is -1.09. The maximum Gasteiger partial charge on any atom is 0.159 e. The molecule has 0 aromatic heterocycles. The number of carbonyl (C=O) groups excluding carboxylic acids is 1. The third-order valence-corrected chi connectivity index (χ3v) is 2.51. The van der Waals surface area contributed by atoms with Gasteiger partial charge in [-0.15, -0.1) is 0 Å². The van der Waals surface area contributed by atoms with E-state index in [0.29, 0.717) is 4.48 Å². The van der Waals surface area contributed by atoms with Crippen molar-refractivity contribution in [3.8, 4) is 0 Å². The van der Waals surface area contributed by atoms with Crippen molar-refractivity contribution in [3.63, 3.8) is 0 Å². The largest absolute Gasteiger partial charge is 0.295 e. The Bertz CT molecular complexity index is 357. The molecule has 0 fully saturated rings. The molecule has 0 bridgehead atoms. The maximum absolute atomic E-state index is 12.5. The van der Waals surface area contributed by atoms with Crippen LogP contribution in [-0.4, -0.2) is 12.0 Å². The summed E-state index contributed by atoms with van der Waals surface area (Å²) >= 11 is 3.29. The molecule has 3 heteroatoms. The van der Waals surface area contributed by atoms with Gasteiger partial charge >= 0.3 is 0 Å². The highest BCUT2D eigenvalue weighted by Gasteiger charge is 2.06. The van der Waals surface area contributed by atoms with E-state index in [4.69, 9.17) is 0 Å². The van der Waals surface area contributed by atoms with Crippen LogP contribution in [0.5, 0.6) is 0 Å². The number of alkyl halides is 1. The van der Waals surface area contributed by atoms with Crippen LogP contribution in [0.4, 0.5) is 4.39 Å². The van der Waals surface area contributed by atoms with Crippen molar-refractivity contribution >= 4 is 26.2 Å². The molecule has 0 aliphatic carbocycles. The topological polar surface area (TPSA) is 17.1 Å². The average Bonchev–Trinajstić information content (AvgIpc) is 2.17. The summed E-state index contributed by atoms with van der Waals surface area (Å²) in [6, 6.07) is 9.42. The number of halogens is 2. The standard InChI is InChI=1S/C12H12BrFO/c1-9(14)7-11(15)8-12(13)10-5-3-2-4-6-10/h2-6,8-9H,7H2,1H3/b12-8-. The summed E-state index contributed by atoms with van der Waals surface area (Å²) in [7, 11) is 0. The van der Waals surface area contributed by atoms with Crippen molar-refractivity contribution < 1.29 is 9.18 Å². The van der Waals surface area contributed by atoms with E-state index in [9.17, 15) is 9.18 Å². The maximum atomic E-state index is 12.5.